The van der Waals surface area contributed by atoms with Gasteiger partial charge in [-0.25, -0.2) is 4.39 Å². The summed E-state index contributed by atoms with van der Waals surface area (Å²) in [6, 6.07) is 6.05. The van der Waals surface area contributed by atoms with Crippen LogP contribution in [0.15, 0.2) is 24.3 Å². The molecule has 4 heteroatoms. The Labute approximate surface area is 131 Å². The fourth-order valence-corrected chi connectivity index (χ4v) is 2.84. The molecule has 1 aromatic carbocycles. The van der Waals surface area contributed by atoms with Gasteiger partial charge < -0.3 is 9.64 Å². The fourth-order valence-electron chi connectivity index (χ4n) is 2.84. The van der Waals surface area contributed by atoms with Gasteiger partial charge in [0.15, 0.2) is 0 Å². The lowest BCUT2D eigenvalue weighted by Crippen LogP contribution is -2.42. The van der Waals surface area contributed by atoms with Crippen molar-refractivity contribution in [2.45, 2.75) is 44.6 Å². The summed E-state index contributed by atoms with van der Waals surface area (Å²) in [6.07, 6.45) is 11.3. The van der Waals surface area contributed by atoms with Crippen molar-refractivity contribution in [3.63, 3.8) is 0 Å². The zero-order valence-corrected chi connectivity index (χ0v) is 12.8. The molecule has 2 rings (SSSR count). The monoisotopic (exact) mass is 303 g/mol. The lowest BCUT2D eigenvalue weighted by molar-refractivity contribution is -0.133. The topological polar surface area (TPSA) is 29.5 Å². The van der Waals surface area contributed by atoms with E-state index in [9.17, 15) is 9.18 Å². The number of nitrogens with zero attached hydrogens (tertiary/aromatic N) is 1. The molecule has 1 fully saturated rings. The van der Waals surface area contributed by atoms with Crippen LogP contribution in [0.3, 0.4) is 0 Å². The van der Waals surface area contributed by atoms with Gasteiger partial charge in [-0.05, 0) is 37.1 Å². The molecule has 0 spiro atoms. The van der Waals surface area contributed by atoms with Crippen LogP contribution in [0.5, 0.6) is 5.75 Å². The predicted octanol–water partition coefficient (Wildman–Crippen LogP) is 3.39. The third kappa shape index (κ3) is 4.77. The molecule has 0 bridgehead atoms. The van der Waals surface area contributed by atoms with E-state index in [0.29, 0.717) is 12.3 Å². The Hall–Kier alpha value is -2.02. The Morgan fingerprint density at radius 1 is 1.27 bits per heavy atom. The average Bonchev–Trinajstić information content (AvgIpc) is 2.55. The highest BCUT2D eigenvalue weighted by molar-refractivity contribution is 5.77. The van der Waals surface area contributed by atoms with E-state index >= 15 is 0 Å². The van der Waals surface area contributed by atoms with Crippen molar-refractivity contribution >= 4 is 5.91 Å². The van der Waals surface area contributed by atoms with Gasteiger partial charge >= 0.3 is 0 Å². The summed E-state index contributed by atoms with van der Waals surface area (Å²) >= 11 is 0. The molecular weight excluding hydrogens is 281 g/mol. The number of terminal acetylenes is 1. The molecule has 22 heavy (non-hydrogen) atoms. The summed E-state index contributed by atoms with van der Waals surface area (Å²) in [6.45, 7) is 0.637. The second-order valence-electron chi connectivity index (χ2n) is 5.57. The highest BCUT2D eigenvalue weighted by Crippen LogP contribution is 2.23. The molecule has 1 saturated carbocycles. The highest BCUT2D eigenvalue weighted by atomic mass is 19.1. The van der Waals surface area contributed by atoms with E-state index in [-0.39, 0.29) is 30.8 Å². The number of amides is 1. The third-order valence-electron chi connectivity index (χ3n) is 4.00. The molecule has 0 saturated heterocycles. The molecule has 0 unspecified atom stereocenters. The summed E-state index contributed by atoms with van der Waals surface area (Å²) < 4.78 is 18.3. The predicted molar refractivity (Wildman–Crippen MR) is 83.9 cm³/mol. The number of ether oxygens (including phenoxy) is 1. The first-order chi connectivity index (χ1) is 10.7. The average molecular weight is 303 g/mol. The minimum atomic E-state index is -0.305. The molecule has 0 radical (unpaired) electrons. The van der Waals surface area contributed by atoms with E-state index in [2.05, 4.69) is 5.92 Å². The van der Waals surface area contributed by atoms with E-state index < -0.39 is 0 Å². The van der Waals surface area contributed by atoms with Crippen LogP contribution in [0.1, 0.15) is 38.5 Å². The van der Waals surface area contributed by atoms with E-state index in [4.69, 9.17) is 11.2 Å². The van der Waals surface area contributed by atoms with Crippen molar-refractivity contribution in [1.29, 1.82) is 0 Å². The molecule has 1 aliphatic carbocycles. The standard InChI is InChI=1S/C18H22FNO2/c1-2-13-20(16-6-4-3-5-7-16)18(21)12-14-22-17-10-8-15(19)9-11-17/h1,8-11,16H,3-7,12-14H2. The molecule has 1 aromatic rings. The van der Waals surface area contributed by atoms with Gasteiger partial charge in [0.25, 0.3) is 0 Å². The Morgan fingerprint density at radius 2 is 1.95 bits per heavy atom. The summed E-state index contributed by atoms with van der Waals surface area (Å²) in [4.78, 5) is 14.2. The largest absolute Gasteiger partial charge is 0.493 e. The van der Waals surface area contributed by atoms with Crippen molar-refractivity contribution in [1.82, 2.24) is 4.90 Å². The van der Waals surface area contributed by atoms with Crippen LogP contribution in [-0.4, -0.2) is 30.0 Å². The van der Waals surface area contributed by atoms with Crippen molar-refractivity contribution in [3.05, 3.63) is 30.1 Å². The van der Waals surface area contributed by atoms with Crippen LogP contribution >= 0.6 is 0 Å². The molecular formula is C18H22FNO2. The smallest absolute Gasteiger partial charge is 0.227 e. The van der Waals surface area contributed by atoms with Crippen LogP contribution in [0.25, 0.3) is 0 Å². The first kappa shape index (κ1) is 16.4. The molecule has 3 nitrogen and oxygen atoms in total. The maximum Gasteiger partial charge on any atom is 0.227 e. The second kappa shape index (κ2) is 8.43. The fraction of sp³-hybridized carbons (Fsp3) is 0.500. The first-order valence-electron chi connectivity index (χ1n) is 7.82. The van der Waals surface area contributed by atoms with E-state index in [1.54, 1.807) is 12.1 Å². The van der Waals surface area contributed by atoms with Crippen molar-refractivity contribution in [3.8, 4) is 18.1 Å². The molecule has 0 N–H and O–H groups in total. The second-order valence-corrected chi connectivity index (χ2v) is 5.57. The number of hydrogen-bond donors (Lipinski definition) is 0. The number of rotatable bonds is 6. The lowest BCUT2D eigenvalue weighted by atomic mass is 9.94. The Kier molecular flexibility index (Phi) is 6.27. The van der Waals surface area contributed by atoms with Crippen molar-refractivity contribution in [2.75, 3.05) is 13.2 Å². The number of carbonyl (C=O) groups is 1. The number of halogens is 1. The molecule has 0 aliphatic heterocycles. The van der Waals surface area contributed by atoms with Gasteiger partial charge in [0.05, 0.1) is 19.6 Å². The summed E-state index contributed by atoms with van der Waals surface area (Å²) in [5.41, 5.74) is 0. The van der Waals surface area contributed by atoms with Crippen LogP contribution in [0.2, 0.25) is 0 Å². The molecule has 1 aliphatic rings. The van der Waals surface area contributed by atoms with Crippen LogP contribution in [0, 0.1) is 18.2 Å². The molecule has 118 valence electrons. The van der Waals surface area contributed by atoms with Crippen LogP contribution < -0.4 is 4.74 Å². The van der Waals surface area contributed by atoms with Gasteiger partial charge in [0.1, 0.15) is 11.6 Å². The first-order valence-corrected chi connectivity index (χ1v) is 7.82. The zero-order valence-electron chi connectivity index (χ0n) is 12.8. The Morgan fingerprint density at radius 3 is 2.59 bits per heavy atom. The maximum absolute atomic E-state index is 12.8. The summed E-state index contributed by atoms with van der Waals surface area (Å²) in [5.74, 6) is 2.88. The van der Waals surface area contributed by atoms with Gasteiger partial charge in [0, 0.05) is 6.04 Å². The van der Waals surface area contributed by atoms with Crippen molar-refractivity contribution < 1.29 is 13.9 Å². The molecule has 1 amide bonds. The lowest BCUT2D eigenvalue weighted by Gasteiger charge is -2.33. The van der Waals surface area contributed by atoms with Gasteiger partial charge in [-0.2, -0.15) is 0 Å². The minimum absolute atomic E-state index is 0.0342. The molecule has 0 aromatic heterocycles. The van der Waals surface area contributed by atoms with Crippen LogP contribution in [-0.2, 0) is 4.79 Å². The maximum atomic E-state index is 12.8. The van der Waals surface area contributed by atoms with E-state index in [1.807, 2.05) is 4.90 Å². The van der Waals surface area contributed by atoms with Gasteiger partial charge in [-0.15, -0.1) is 6.42 Å². The normalized spacial score (nSPS) is 15.1. The van der Waals surface area contributed by atoms with Gasteiger partial charge in [0.2, 0.25) is 5.91 Å². The van der Waals surface area contributed by atoms with Gasteiger partial charge in [-0.3, -0.25) is 4.79 Å². The van der Waals surface area contributed by atoms with E-state index in [1.165, 1.54) is 18.6 Å². The number of carbonyl (C=O) groups excluding carboxylic acids is 1. The molecule has 0 atom stereocenters. The third-order valence-corrected chi connectivity index (χ3v) is 4.00. The van der Waals surface area contributed by atoms with Crippen molar-refractivity contribution in [2.24, 2.45) is 0 Å². The SMILES string of the molecule is C#CCN(C(=O)CCOc1ccc(F)cc1)C1CCCCC1. The molecule has 0 heterocycles. The van der Waals surface area contributed by atoms with E-state index in [0.717, 1.165) is 25.7 Å². The minimum Gasteiger partial charge on any atom is -0.493 e. The zero-order chi connectivity index (χ0) is 15.8. The number of hydrogen-bond acceptors (Lipinski definition) is 2. The Balaban J connectivity index is 1.82. The Bertz CT molecular complexity index is 515. The highest BCUT2D eigenvalue weighted by Gasteiger charge is 2.24. The summed E-state index contributed by atoms with van der Waals surface area (Å²) in [5, 5.41) is 0. The summed E-state index contributed by atoms with van der Waals surface area (Å²) in [7, 11) is 0. The quantitative estimate of drug-likeness (QED) is 0.754. The van der Waals surface area contributed by atoms with Crippen LogP contribution in [0.4, 0.5) is 4.39 Å². The van der Waals surface area contributed by atoms with Gasteiger partial charge in [-0.1, -0.05) is 25.2 Å². The number of benzene rings is 1.